The van der Waals surface area contributed by atoms with Crippen LogP contribution in [0.4, 0.5) is 5.69 Å². The lowest BCUT2D eigenvalue weighted by Gasteiger charge is -2.14. The van der Waals surface area contributed by atoms with Crippen LogP contribution in [0.3, 0.4) is 0 Å². The van der Waals surface area contributed by atoms with Crippen molar-refractivity contribution in [1.82, 2.24) is 5.32 Å². The molecule has 2 aromatic carbocycles. The van der Waals surface area contributed by atoms with Crippen LogP contribution in [0.2, 0.25) is 0 Å². The molecule has 8 nitrogen and oxygen atoms in total. The molecule has 0 spiro atoms. The first-order valence-corrected chi connectivity index (χ1v) is 11.6. The summed E-state index contributed by atoms with van der Waals surface area (Å²) in [7, 11) is 1.63. The van der Waals surface area contributed by atoms with Crippen molar-refractivity contribution in [3.63, 3.8) is 0 Å². The highest BCUT2D eigenvalue weighted by molar-refractivity contribution is 6.07. The second-order valence-corrected chi connectivity index (χ2v) is 7.66. The number of hydrogen-bond acceptors (Lipinski definition) is 6. The summed E-state index contributed by atoms with van der Waals surface area (Å²) in [5.41, 5.74) is 2.35. The number of unbranched alkanes of at least 4 members (excludes halogenated alkanes) is 1. The van der Waals surface area contributed by atoms with Gasteiger partial charge in [-0.3, -0.25) is 9.59 Å². The highest BCUT2D eigenvalue weighted by atomic mass is 16.6. The van der Waals surface area contributed by atoms with E-state index in [1.54, 1.807) is 37.4 Å². The third-order valence-corrected chi connectivity index (χ3v) is 4.98. The van der Waals surface area contributed by atoms with Gasteiger partial charge in [0.25, 0.3) is 11.8 Å². The molecule has 8 heteroatoms. The van der Waals surface area contributed by atoms with Crippen molar-refractivity contribution in [3.05, 3.63) is 59.2 Å². The van der Waals surface area contributed by atoms with Crippen molar-refractivity contribution < 1.29 is 28.5 Å². The molecule has 0 fully saturated rings. The Bertz CT molecular complexity index is 903. The Morgan fingerprint density at radius 3 is 2.32 bits per heavy atom. The molecule has 2 aromatic rings. The van der Waals surface area contributed by atoms with E-state index in [0.717, 1.165) is 18.4 Å². The summed E-state index contributed by atoms with van der Waals surface area (Å²) in [5.74, 6) is -0.00228. The van der Waals surface area contributed by atoms with Gasteiger partial charge in [-0.15, -0.1) is 0 Å². The first kappa shape index (κ1) is 27.3. The van der Waals surface area contributed by atoms with Gasteiger partial charge in [0.2, 0.25) is 0 Å². The minimum Gasteiger partial charge on any atom is -0.490 e. The predicted molar refractivity (Wildman–Crippen MR) is 132 cm³/mol. The molecule has 0 aliphatic rings. The van der Waals surface area contributed by atoms with Crippen LogP contribution < -0.4 is 15.4 Å². The van der Waals surface area contributed by atoms with E-state index in [9.17, 15) is 9.59 Å². The molecular weight excluding hydrogens is 436 g/mol. The van der Waals surface area contributed by atoms with Gasteiger partial charge in [-0.05, 0) is 43.2 Å². The molecule has 2 amide bonds. The fourth-order valence-corrected chi connectivity index (χ4v) is 3.02. The maximum atomic E-state index is 13.0. The largest absolute Gasteiger partial charge is 0.490 e. The lowest BCUT2D eigenvalue weighted by Crippen LogP contribution is -2.24. The number of hydrogen-bond donors (Lipinski definition) is 2. The molecule has 0 bridgehead atoms. The maximum Gasteiger partial charge on any atom is 0.259 e. The van der Waals surface area contributed by atoms with Crippen molar-refractivity contribution in [1.29, 1.82) is 0 Å². The van der Waals surface area contributed by atoms with Gasteiger partial charge in [-0.25, -0.2) is 0 Å². The van der Waals surface area contributed by atoms with Crippen LogP contribution >= 0.6 is 0 Å². The van der Waals surface area contributed by atoms with Gasteiger partial charge in [0.1, 0.15) is 12.4 Å². The van der Waals surface area contributed by atoms with Crippen molar-refractivity contribution in [2.75, 3.05) is 58.6 Å². The average molecular weight is 473 g/mol. The smallest absolute Gasteiger partial charge is 0.259 e. The van der Waals surface area contributed by atoms with Crippen molar-refractivity contribution >= 4 is 17.5 Å². The van der Waals surface area contributed by atoms with E-state index in [-0.39, 0.29) is 11.8 Å². The molecule has 2 N–H and O–H groups in total. The number of ether oxygens (including phenoxy) is 4. The summed E-state index contributed by atoms with van der Waals surface area (Å²) in [6, 6.07) is 12.3. The minimum absolute atomic E-state index is 0.156. The number of benzene rings is 2. The van der Waals surface area contributed by atoms with Crippen LogP contribution in [0.5, 0.6) is 5.75 Å². The number of aryl methyl sites for hydroxylation is 1. The van der Waals surface area contributed by atoms with Crippen LogP contribution in [0.15, 0.2) is 42.5 Å². The quantitative estimate of drug-likeness (QED) is 0.361. The fraction of sp³-hybridized carbons (Fsp3) is 0.462. The summed E-state index contributed by atoms with van der Waals surface area (Å²) in [6.07, 6.45) is 1.93. The Labute approximate surface area is 201 Å². The monoisotopic (exact) mass is 472 g/mol. The highest BCUT2D eigenvalue weighted by Crippen LogP contribution is 2.22. The van der Waals surface area contributed by atoms with E-state index in [4.69, 9.17) is 18.9 Å². The Morgan fingerprint density at radius 2 is 1.59 bits per heavy atom. The lowest BCUT2D eigenvalue weighted by molar-refractivity contribution is 0.0179. The van der Waals surface area contributed by atoms with Gasteiger partial charge >= 0.3 is 0 Å². The molecule has 0 saturated carbocycles. The molecule has 0 aliphatic heterocycles. The van der Waals surface area contributed by atoms with Gasteiger partial charge < -0.3 is 29.6 Å². The molecule has 186 valence electrons. The zero-order chi connectivity index (χ0) is 24.6. The predicted octanol–water partition coefficient (Wildman–Crippen LogP) is 3.84. The molecular formula is C26H36N2O6. The van der Waals surface area contributed by atoms with E-state index in [1.165, 1.54) is 0 Å². The standard InChI is InChI=1S/C26H36N2O6/c1-4-5-12-27-25(29)21-11-10-20(2)23(19-21)28-26(30)22-8-6-7-9-24(22)34-18-17-33-16-15-32-14-13-31-3/h6-11,19H,4-5,12-18H2,1-3H3,(H,27,29)(H,28,30). The van der Waals surface area contributed by atoms with E-state index in [0.29, 0.717) is 68.7 Å². The first-order chi connectivity index (χ1) is 16.6. The third kappa shape index (κ3) is 9.51. The molecule has 0 aromatic heterocycles. The van der Waals surface area contributed by atoms with E-state index in [2.05, 4.69) is 17.6 Å². The number of para-hydroxylation sites is 1. The Hall–Kier alpha value is -2.94. The summed E-state index contributed by atoms with van der Waals surface area (Å²) in [6.45, 7) is 7.28. The van der Waals surface area contributed by atoms with E-state index in [1.807, 2.05) is 19.1 Å². The summed E-state index contributed by atoms with van der Waals surface area (Å²) < 4.78 is 21.5. The van der Waals surface area contributed by atoms with Crippen molar-refractivity contribution in [2.45, 2.75) is 26.7 Å². The third-order valence-electron chi connectivity index (χ3n) is 4.98. The summed E-state index contributed by atoms with van der Waals surface area (Å²) in [5, 5.41) is 5.80. The number of anilines is 1. The van der Waals surface area contributed by atoms with Crippen molar-refractivity contribution in [3.8, 4) is 5.75 Å². The number of rotatable bonds is 16. The molecule has 0 heterocycles. The van der Waals surface area contributed by atoms with Gasteiger partial charge in [-0.1, -0.05) is 31.5 Å². The first-order valence-electron chi connectivity index (χ1n) is 11.6. The van der Waals surface area contributed by atoms with E-state index < -0.39 is 0 Å². The van der Waals surface area contributed by atoms with Crippen molar-refractivity contribution in [2.24, 2.45) is 0 Å². The molecule has 2 rings (SSSR count). The van der Waals surface area contributed by atoms with Gasteiger partial charge in [0.05, 0.1) is 38.6 Å². The van der Waals surface area contributed by atoms with Crippen LogP contribution in [0.1, 0.15) is 46.0 Å². The number of amides is 2. The zero-order valence-electron chi connectivity index (χ0n) is 20.4. The summed E-state index contributed by atoms with van der Waals surface area (Å²) in [4.78, 5) is 25.4. The average Bonchev–Trinajstić information content (AvgIpc) is 2.84. The Balaban J connectivity index is 1.90. The lowest BCUT2D eigenvalue weighted by atomic mass is 10.1. The van der Waals surface area contributed by atoms with Crippen LogP contribution in [-0.4, -0.2) is 65.1 Å². The number of carbonyl (C=O) groups is 2. The minimum atomic E-state index is -0.310. The Morgan fingerprint density at radius 1 is 0.882 bits per heavy atom. The van der Waals surface area contributed by atoms with Crippen LogP contribution in [0, 0.1) is 6.92 Å². The number of methoxy groups -OCH3 is 1. The molecule has 0 saturated heterocycles. The molecule has 0 radical (unpaired) electrons. The maximum absolute atomic E-state index is 13.0. The molecule has 0 atom stereocenters. The fourth-order valence-electron chi connectivity index (χ4n) is 3.02. The number of nitrogens with one attached hydrogen (secondary N) is 2. The Kier molecular flexibility index (Phi) is 12.7. The highest BCUT2D eigenvalue weighted by Gasteiger charge is 2.15. The number of carbonyl (C=O) groups excluding carboxylic acids is 2. The van der Waals surface area contributed by atoms with Gasteiger partial charge in [0.15, 0.2) is 0 Å². The molecule has 0 aliphatic carbocycles. The van der Waals surface area contributed by atoms with Gasteiger partial charge in [0, 0.05) is 24.9 Å². The molecule has 34 heavy (non-hydrogen) atoms. The van der Waals surface area contributed by atoms with Crippen LogP contribution in [-0.2, 0) is 14.2 Å². The van der Waals surface area contributed by atoms with Gasteiger partial charge in [-0.2, -0.15) is 0 Å². The SMILES string of the molecule is CCCCNC(=O)c1ccc(C)c(NC(=O)c2ccccc2OCCOCCOCCOC)c1. The van der Waals surface area contributed by atoms with Crippen LogP contribution in [0.25, 0.3) is 0 Å². The van der Waals surface area contributed by atoms with E-state index >= 15 is 0 Å². The summed E-state index contributed by atoms with van der Waals surface area (Å²) >= 11 is 0. The molecule has 0 unspecified atom stereocenters. The zero-order valence-corrected chi connectivity index (χ0v) is 20.4. The normalized spacial score (nSPS) is 10.7. The topological polar surface area (TPSA) is 95.1 Å². The second kappa shape index (κ2) is 15.8. The second-order valence-electron chi connectivity index (χ2n) is 7.66.